The molecule has 1 aromatic carbocycles. The van der Waals surface area contributed by atoms with E-state index in [4.69, 9.17) is 4.74 Å². The van der Waals surface area contributed by atoms with E-state index < -0.39 is 17.7 Å². The molecule has 0 aliphatic heterocycles. The van der Waals surface area contributed by atoms with Gasteiger partial charge < -0.3 is 15.2 Å². The minimum Gasteiger partial charge on any atom is -0.508 e. The van der Waals surface area contributed by atoms with E-state index in [1.54, 1.807) is 27.7 Å². The topological polar surface area (TPSA) is 100 Å². The number of hydrogen-bond donors (Lipinski definition) is 3. The van der Waals surface area contributed by atoms with Crippen molar-refractivity contribution in [1.29, 1.82) is 0 Å². The van der Waals surface area contributed by atoms with Crippen molar-refractivity contribution >= 4 is 17.7 Å². The third-order valence-corrected chi connectivity index (χ3v) is 7.88. The van der Waals surface area contributed by atoms with Crippen LogP contribution >= 0.6 is 0 Å². The first-order chi connectivity index (χ1) is 15.5. The maximum atomic E-state index is 12.5. The summed E-state index contributed by atoms with van der Waals surface area (Å²) in [6, 6.07) is 5.13. The number of carbonyl (C=O) groups is 2. The number of hydrazone groups is 1. The first-order valence-corrected chi connectivity index (χ1v) is 12.2. The number of phenolic OH excluding ortho intramolecular Hbond substituents is 1. The van der Waals surface area contributed by atoms with Crippen molar-refractivity contribution in [2.24, 2.45) is 22.4 Å². The first-order valence-electron chi connectivity index (χ1n) is 12.2. The lowest BCUT2D eigenvalue weighted by atomic mass is 9.55. The molecule has 5 atom stereocenters. The van der Waals surface area contributed by atoms with Crippen LogP contribution in [0.3, 0.4) is 0 Å². The van der Waals surface area contributed by atoms with Gasteiger partial charge in [0.05, 0.1) is 0 Å². The van der Waals surface area contributed by atoms with Gasteiger partial charge in [-0.1, -0.05) is 13.0 Å². The lowest BCUT2D eigenvalue weighted by molar-refractivity contribution is -0.122. The van der Waals surface area contributed by atoms with Gasteiger partial charge >= 0.3 is 6.09 Å². The Morgan fingerprint density at radius 3 is 2.70 bits per heavy atom. The molecule has 2 saturated carbocycles. The van der Waals surface area contributed by atoms with Crippen LogP contribution in [0.1, 0.15) is 83.8 Å². The Morgan fingerprint density at radius 1 is 1.21 bits per heavy atom. The predicted molar refractivity (Wildman–Crippen MR) is 127 cm³/mol. The van der Waals surface area contributed by atoms with Crippen molar-refractivity contribution in [2.45, 2.75) is 90.7 Å². The molecule has 3 aliphatic carbocycles. The molecule has 0 aromatic heterocycles. The number of ether oxygens (including phenoxy) is 1. The number of benzene rings is 1. The molecule has 1 aromatic rings. The lowest BCUT2D eigenvalue weighted by Gasteiger charge is -2.49. The second-order valence-corrected chi connectivity index (χ2v) is 11.2. The molecule has 180 valence electrons. The maximum absolute atomic E-state index is 12.5. The largest absolute Gasteiger partial charge is 0.508 e. The van der Waals surface area contributed by atoms with Gasteiger partial charge in [-0.3, -0.25) is 4.79 Å². The molecule has 0 unspecified atom stereocenters. The van der Waals surface area contributed by atoms with Gasteiger partial charge in [0.2, 0.25) is 0 Å². The Labute approximate surface area is 196 Å². The standard InChI is InChI=1S/C26H37N3O4/c1-15(27-24(32)33-25(2,3)4)23(31)29-28-22-11-10-21-20-8-6-16-14-17(30)7-9-18(16)19(20)12-13-26(21,22)5/h7,9,14-15,19-21,30H,6,8,10-13H2,1-5H3,(H,27,32)(H,29,31)/b28-22+/t15-,19+,20+,21-,26-/m0/s1. The van der Waals surface area contributed by atoms with E-state index in [1.165, 1.54) is 11.1 Å². The number of amides is 2. The Bertz CT molecular complexity index is 967. The molecule has 3 N–H and O–H groups in total. The molecule has 3 aliphatic rings. The van der Waals surface area contributed by atoms with Crippen LogP contribution in [0.15, 0.2) is 23.3 Å². The van der Waals surface area contributed by atoms with Crippen molar-refractivity contribution < 1.29 is 19.4 Å². The number of aromatic hydroxyl groups is 1. The van der Waals surface area contributed by atoms with Crippen molar-refractivity contribution in [3.8, 4) is 5.75 Å². The highest BCUT2D eigenvalue weighted by Gasteiger charge is 2.53. The van der Waals surface area contributed by atoms with Crippen LogP contribution in [0.2, 0.25) is 0 Å². The van der Waals surface area contributed by atoms with Gasteiger partial charge in [-0.2, -0.15) is 5.10 Å². The Balaban J connectivity index is 1.41. The third-order valence-electron chi connectivity index (χ3n) is 7.88. The van der Waals surface area contributed by atoms with Crippen molar-refractivity contribution in [3.05, 3.63) is 29.3 Å². The average molecular weight is 456 g/mol. The predicted octanol–water partition coefficient (Wildman–Crippen LogP) is 4.63. The monoisotopic (exact) mass is 455 g/mol. The Hall–Kier alpha value is -2.57. The molecule has 0 heterocycles. The van der Waals surface area contributed by atoms with E-state index in [0.29, 0.717) is 23.5 Å². The minimum atomic E-state index is -0.740. The van der Waals surface area contributed by atoms with E-state index in [1.807, 2.05) is 12.1 Å². The number of aryl methyl sites for hydroxylation is 1. The van der Waals surface area contributed by atoms with E-state index >= 15 is 0 Å². The zero-order valence-corrected chi connectivity index (χ0v) is 20.4. The molecular formula is C26H37N3O4. The lowest BCUT2D eigenvalue weighted by Crippen LogP contribution is -2.46. The fourth-order valence-corrected chi connectivity index (χ4v) is 6.31. The van der Waals surface area contributed by atoms with Crippen LogP contribution in [0, 0.1) is 17.3 Å². The quantitative estimate of drug-likeness (QED) is 0.578. The maximum Gasteiger partial charge on any atom is 0.408 e. The zero-order valence-electron chi connectivity index (χ0n) is 20.4. The summed E-state index contributed by atoms with van der Waals surface area (Å²) in [5.74, 6) is 1.71. The Kier molecular flexibility index (Phi) is 6.18. The van der Waals surface area contributed by atoms with Crippen molar-refractivity contribution in [3.63, 3.8) is 0 Å². The first kappa shape index (κ1) is 23.6. The number of hydrogen-bond acceptors (Lipinski definition) is 5. The van der Waals surface area contributed by atoms with Crippen LogP contribution in [0.25, 0.3) is 0 Å². The van der Waals surface area contributed by atoms with E-state index in [2.05, 4.69) is 28.8 Å². The van der Waals surface area contributed by atoms with Crippen LogP contribution in [-0.2, 0) is 16.0 Å². The SMILES string of the molecule is C[C@H](NC(=O)OC(C)(C)C)C(=O)N/N=C1\CC[C@H]2[C@@H]3CCc4cc(O)ccc4[C@H]3CC[C@]12C. The molecule has 0 spiro atoms. The average Bonchev–Trinajstić information content (AvgIpc) is 3.06. The summed E-state index contributed by atoms with van der Waals surface area (Å²) in [5.41, 5.74) is 5.84. The number of carbonyl (C=O) groups excluding carboxylic acids is 2. The summed E-state index contributed by atoms with van der Waals surface area (Å²) in [6.07, 6.45) is 5.65. The number of phenols is 1. The fraction of sp³-hybridized carbons (Fsp3) is 0.654. The van der Waals surface area contributed by atoms with Crippen molar-refractivity contribution in [1.82, 2.24) is 10.7 Å². The molecule has 0 saturated heterocycles. The fourth-order valence-electron chi connectivity index (χ4n) is 6.31. The molecule has 4 rings (SSSR count). The van der Waals surface area contributed by atoms with Crippen LogP contribution in [-0.4, -0.2) is 34.5 Å². The summed E-state index contributed by atoms with van der Waals surface area (Å²) in [7, 11) is 0. The third kappa shape index (κ3) is 4.73. The summed E-state index contributed by atoms with van der Waals surface area (Å²) in [5, 5.41) is 17.0. The van der Waals surface area contributed by atoms with E-state index in [0.717, 1.165) is 44.2 Å². The van der Waals surface area contributed by atoms with Crippen LogP contribution in [0.4, 0.5) is 4.79 Å². The zero-order chi connectivity index (χ0) is 24.0. The Morgan fingerprint density at radius 2 is 1.97 bits per heavy atom. The highest BCUT2D eigenvalue weighted by molar-refractivity contribution is 5.94. The van der Waals surface area contributed by atoms with Gasteiger partial charge in [-0.15, -0.1) is 0 Å². The highest BCUT2D eigenvalue weighted by Crippen LogP contribution is 2.59. The summed E-state index contributed by atoms with van der Waals surface area (Å²) in [4.78, 5) is 24.5. The number of alkyl carbamates (subject to hydrolysis) is 1. The minimum absolute atomic E-state index is 0.00923. The number of fused-ring (bicyclic) bond motifs is 5. The smallest absolute Gasteiger partial charge is 0.408 e. The van der Waals surface area contributed by atoms with Gasteiger partial charge in [-0.05, 0) is 107 Å². The summed E-state index contributed by atoms with van der Waals surface area (Å²) < 4.78 is 5.23. The van der Waals surface area contributed by atoms with Gasteiger partial charge in [0.15, 0.2) is 0 Å². The summed E-state index contributed by atoms with van der Waals surface area (Å²) in [6.45, 7) is 9.28. The van der Waals surface area contributed by atoms with Crippen LogP contribution in [0.5, 0.6) is 5.75 Å². The molecule has 7 heteroatoms. The second kappa shape index (κ2) is 8.65. The molecule has 2 fully saturated rings. The van der Waals surface area contributed by atoms with E-state index in [9.17, 15) is 14.7 Å². The molecule has 0 bridgehead atoms. The molecule has 33 heavy (non-hydrogen) atoms. The van der Waals surface area contributed by atoms with Crippen LogP contribution < -0.4 is 10.7 Å². The van der Waals surface area contributed by atoms with Gasteiger partial charge in [0, 0.05) is 11.1 Å². The number of rotatable bonds is 3. The second-order valence-electron chi connectivity index (χ2n) is 11.2. The molecule has 7 nitrogen and oxygen atoms in total. The summed E-state index contributed by atoms with van der Waals surface area (Å²) >= 11 is 0. The van der Waals surface area contributed by atoms with Gasteiger partial charge in [-0.25, -0.2) is 10.2 Å². The number of nitrogens with one attached hydrogen (secondary N) is 2. The highest BCUT2D eigenvalue weighted by atomic mass is 16.6. The molecular weight excluding hydrogens is 418 g/mol. The number of nitrogens with zero attached hydrogens (tertiary/aromatic N) is 1. The normalized spacial score (nSPS) is 30.6. The van der Waals surface area contributed by atoms with Gasteiger partial charge in [0.1, 0.15) is 17.4 Å². The van der Waals surface area contributed by atoms with E-state index in [-0.39, 0.29) is 11.3 Å². The molecule has 0 radical (unpaired) electrons. The van der Waals surface area contributed by atoms with Crippen molar-refractivity contribution in [2.75, 3.05) is 0 Å². The van der Waals surface area contributed by atoms with Gasteiger partial charge in [0.25, 0.3) is 5.91 Å². The molecule has 2 amide bonds.